The van der Waals surface area contributed by atoms with E-state index in [9.17, 15) is 4.39 Å². The fourth-order valence-corrected chi connectivity index (χ4v) is 1.76. The van der Waals surface area contributed by atoms with E-state index in [1.165, 1.54) is 6.07 Å². The Balaban J connectivity index is 2.16. The van der Waals surface area contributed by atoms with E-state index < -0.39 is 0 Å². The van der Waals surface area contributed by atoms with Crippen LogP contribution in [0, 0.1) is 5.82 Å². The summed E-state index contributed by atoms with van der Waals surface area (Å²) in [6.45, 7) is 1.94. The van der Waals surface area contributed by atoms with Gasteiger partial charge in [-0.25, -0.2) is 9.37 Å². The second-order valence-corrected chi connectivity index (χ2v) is 4.55. The lowest BCUT2D eigenvalue weighted by Gasteiger charge is -2.15. The highest BCUT2D eigenvalue weighted by Crippen LogP contribution is 2.21. The molecule has 0 saturated heterocycles. The smallest absolute Gasteiger partial charge is 0.166 e. The summed E-state index contributed by atoms with van der Waals surface area (Å²) in [5.41, 5.74) is 1.03. The first kappa shape index (κ1) is 12.0. The Morgan fingerprint density at radius 2 is 2.06 bits per heavy atom. The van der Waals surface area contributed by atoms with Gasteiger partial charge in [-0.15, -0.1) is 0 Å². The average molecular weight is 296 g/mol. The monoisotopic (exact) mass is 295 g/mol. The minimum absolute atomic E-state index is 0.0267. The summed E-state index contributed by atoms with van der Waals surface area (Å²) in [4.78, 5) is 7.93. The molecule has 1 N–H and O–H groups in total. The molecule has 0 aliphatic heterocycles. The quantitative estimate of drug-likeness (QED) is 0.941. The van der Waals surface area contributed by atoms with Crippen molar-refractivity contribution in [3.8, 4) is 0 Å². The summed E-state index contributed by atoms with van der Waals surface area (Å²) in [7, 11) is 0. The molecule has 0 amide bonds. The van der Waals surface area contributed by atoms with Crippen molar-refractivity contribution in [1.82, 2.24) is 9.97 Å². The van der Waals surface area contributed by atoms with Gasteiger partial charge in [0.05, 0.1) is 6.04 Å². The van der Waals surface area contributed by atoms with E-state index in [0.29, 0.717) is 4.47 Å². The SMILES string of the molecule is CC(Nc1ncc(Br)cc1F)c1ccncc1. The fraction of sp³-hybridized carbons (Fsp3) is 0.167. The summed E-state index contributed by atoms with van der Waals surface area (Å²) in [5.74, 6) is -0.127. The van der Waals surface area contributed by atoms with Crippen LogP contribution < -0.4 is 5.32 Å². The van der Waals surface area contributed by atoms with Crippen LogP contribution in [0.2, 0.25) is 0 Å². The summed E-state index contributed by atoms with van der Waals surface area (Å²) >= 11 is 3.17. The zero-order valence-electron chi connectivity index (χ0n) is 9.19. The maximum atomic E-state index is 13.6. The first-order chi connectivity index (χ1) is 8.16. The van der Waals surface area contributed by atoms with Gasteiger partial charge in [0.25, 0.3) is 0 Å². The van der Waals surface area contributed by atoms with Crippen LogP contribution in [0.5, 0.6) is 0 Å². The van der Waals surface area contributed by atoms with Crippen LogP contribution in [0.1, 0.15) is 18.5 Å². The summed E-state index contributed by atoms with van der Waals surface area (Å²) in [6.07, 6.45) is 4.97. The van der Waals surface area contributed by atoms with Crippen LogP contribution in [0.3, 0.4) is 0 Å². The molecule has 88 valence electrons. The van der Waals surface area contributed by atoms with Crippen molar-refractivity contribution in [3.05, 3.63) is 52.6 Å². The van der Waals surface area contributed by atoms with Crippen molar-refractivity contribution in [2.45, 2.75) is 13.0 Å². The van der Waals surface area contributed by atoms with Crippen molar-refractivity contribution in [2.75, 3.05) is 5.32 Å². The molecule has 1 atom stereocenters. The maximum absolute atomic E-state index is 13.6. The third-order valence-corrected chi connectivity index (χ3v) is 2.80. The van der Waals surface area contributed by atoms with Gasteiger partial charge in [-0.2, -0.15) is 0 Å². The van der Waals surface area contributed by atoms with E-state index in [2.05, 4.69) is 31.2 Å². The zero-order chi connectivity index (χ0) is 12.3. The number of rotatable bonds is 3. The highest BCUT2D eigenvalue weighted by atomic mass is 79.9. The first-order valence-corrected chi connectivity index (χ1v) is 5.93. The Morgan fingerprint density at radius 1 is 1.35 bits per heavy atom. The van der Waals surface area contributed by atoms with E-state index >= 15 is 0 Å². The number of nitrogens with one attached hydrogen (secondary N) is 1. The summed E-state index contributed by atoms with van der Waals surface area (Å²) < 4.78 is 14.2. The van der Waals surface area contributed by atoms with Gasteiger partial charge in [0, 0.05) is 23.1 Å². The molecule has 0 aliphatic carbocycles. The van der Waals surface area contributed by atoms with Crippen LogP contribution in [0.15, 0.2) is 41.3 Å². The van der Waals surface area contributed by atoms with Crippen LogP contribution >= 0.6 is 15.9 Å². The van der Waals surface area contributed by atoms with Crippen molar-refractivity contribution < 1.29 is 4.39 Å². The molecule has 2 aromatic rings. The summed E-state index contributed by atoms with van der Waals surface area (Å²) in [5, 5.41) is 3.02. The Kier molecular flexibility index (Phi) is 3.68. The van der Waals surface area contributed by atoms with Gasteiger partial charge in [0.15, 0.2) is 11.6 Å². The second-order valence-electron chi connectivity index (χ2n) is 3.63. The van der Waals surface area contributed by atoms with Gasteiger partial charge in [-0.1, -0.05) is 0 Å². The number of hydrogen-bond donors (Lipinski definition) is 1. The summed E-state index contributed by atoms with van der Waals surface area (Å²) in [6, 6.07) is 5.12. The number of halogens is 2. The molecule has 0 aliphatic rings. The molecule has 0 bridgehead atoms. The van der Waals surface area contributed by atoms with Crippen LogP contribution in [-0.4, -0.2) is 9.97 Å². The van der Waals surface area contributed by atoms with Gasteiger partial charge < -0.3 is 5.32 Å². The Morgan fingerprint density at radius 3 is 2.71 bits per heavy atom. The third-order valence-electron chi connectivity index (χ3n) is 2.37. The average Bonchev–Trinajstić information content (AvgIpc) is 2.34. The van der Waals surface area contributed by atoms with E-state index in [1.807, 2.05) is 19.1 Å². The van der Waals surface area contributed by atoms with Crippen molar-refractivity contribution in [2.24, 2.45) is 0 Å². The van der Waals surface area contributed by atoms with Gasteiger partial charge >= 0.3 is 0 Å². The van der Waals surface area contributed by atoms with E-state index in [4.69, 9.17) is 0 Å². The predicted octanol–water partition coefficient (Wildman–Crippen LogP) is 3.55. The molecule has 2 aromatic heterocycles. The molecule has 5 heteroatoms. The Bertz CT molecular complexity index is 504. The lowest BCUT2D eigenvalue weighted by atomic mass is 10.1. The highest BCUT2D eigenvalue weighted by Gasteiger charge is 2.09. The molecule has 0 radical (unpaired) electrons. The molecule has 0 aromatic carbocycles. The fourth-order valence-electron chi connectivity index (χ4n) is 1.46. The first-order valence-electron chi connectivity index (χ1n) is 5.14. The van der Waals surface area contributed by atoms with Crippen LogP contribution in [0.25, 0.3) is 0 Å². The molecule has 1 unspecified atom stereocenters. The topological polar surface area (TPSA) is 37.8 Å². The largest absolute Gasteiger partial charge is 0.361 e. The number of anilines is 1. The van der Waals surface area contributed by atoms with Crippen molar-refractivity contribution in [3.63, 3.8) is 0 Å². The number of nitrogens with zero attached hydrogens (tertiary/aromatic N) is 2. The molecule has 3 nitrogen and oxygen atoms in total. The molecule has 0 saturated carbocycles. The lowest BCUT2D eigenvalue weighted by molar-refractivity contribution is 0.620. The van der Waals surface area contributed by atoms with Gasteiger partial charge in [-0.3, -0.25) is 4.98 Å². The van der Waals surface area contributed by atoms with E-state index in [0.717, 1.165) is 5.56 Å². The third kappa shape index (κ3) is 3.00. The van der Waals surface area contributed by atoms with Gasteiger partial charge in [0.1, 0.15) is 0 Å². The molecule has 2 heterocycles. The van der Waals surface area contributed by atoms with Gasteiger partial charge in [-0.05, 0) is 46.6 Å². The minimum Gasteiger partial charge on any atom is -0.361 e. The van der Waals surface area contributed by atoms with Crippen molar-refractivity contribution in [1.29, 1.82) is 0 Å². The van der Waals surface area contributed by atoms with E-state index in [1.54, 1.807) is 18.6 Å². The second kappa shape index (κ2) is 5.23. The molecule has 17 heavy (non-hydrogen) atoms. The molecule has 2 rings (SSSR count). The number of pyridine rings is 2. The highest BCUT2D eigenvalue weighted by molar-refractivity contribution is 9.10. The van der Waals surface area contributed by atoms with Crippen molar-refractivity contribution >= 4 is 21.7 Å². The number of aromatic nitrogens is 2. The normalized spacial score (nSPS) is 12.2. The van der Waals surface area contributed by atoms with Crippen LogP contribution in [0.4, 0.5) is 10.2 Å². The predicted molar refractivity (Wildman–Crippen MR) is 68.2 cm³/mol. The lowest BCUT2D eigenvalue weighted by Crippen LogP contribution is -2.09. The standard InChI is InChI=1S/C12H11BrFN3/c1-8(9-2-4-15-5-3-9)17-12-11(14)6-10(13)7-16-12/h2-8H,1H3,(H,16,17). The molecular weight excluding hydrogens is 285 g/mol. The molecular formula is C12H11BrFN3. The molecule has 0 fully saturated rings. The zero-order valence-corrected chi connectivity index (χ0v) is 10.8. The van der Waals surface area contributed by atoms with Gasteiger partial charge in [0.2, 0.25) is 0 Å². The van der Waals surface area contributed by atoms with E-state index in [-0.39, 0.29) is 17.7 Å². The number of hydrogen-bond acceptors (Lipinski definition) is 3. The Hall–Kier alpha value is -1.49. The van der Waals surface area contributed by atoms with Crippen LogP contribution in [-0.2, 0) is 0 Å². The Labute approximate surface area is 107 Å². The maximum Gasteiger partial charge on any atom is 0.166 e. The molecule has 0 spiro atoms. The minimum atomic E-state index is -0.375.